The van der Waals surface area contributed by atoms with Crippen LogP contribution in [0.2, 0.25) is 0 Å². The second-order valence-corrected chi connectivity index (χ2v) is 4.84. The van der Waals surface area contributed by atoms with Gasteiger partial charge in [0.1, 0.15) is 0 Å². The molecule has 1 aromatic carbocycles. The minimum Gasteiger partial charge on any atom is -0.398 e. The van der Waals surface area contributed by atoms with Crippen LogP contribution in [0.5, 0.6) is 0 Å². The first-order chi connectivity index (χ1) is 9.15. The summed E-state index contributed by atoms with van der Waals surface area (Å²) in [4.78, 5) is 5.16. The summed E-state index contributed by atoms with van der Waals surface area (Å²) >= 11 is 0. The molecule has 0 unspecified atom stereocenters. The summed E-state index contributed by atoms with van der Waals surface area (Å²) in [6, 6.07) is 2.11. The summed E-state index contributed by atoms with van der Waals surface area (Å²) in [7, 11) is 0. The van der Waals surface area contributed by atoms with E-state index in [9.17, 15) is 0 Å². The van der Waals surface area contributed by atoms with E-state index in [0.717, 1.165) is 54.2 Å². The molecule has 1 fully saturated rings. The van der Waals surface area contributed by atoms with Gasteiger partial charge in [-0.3, -0.25) is 0 Å². The molecule has 0 aliphatic carbocycles. The van der Waals surface area contributed by atoms with E-state index in [-0.39, 0.29) is 0 Å². The second kappa shape index (κ2) is 5.82. The van der Waals surface area contributed by atoms with Crippen molar-refractivity contribution in [1.29, 1.82) is 0 Å². The number of benzene rings is 1. The molecule has 1 aliphatic heterocycles. The quantitative estimate of drug-likeness (QED) is 0.377. The molecule has 0 atom stereocenters. The van der Waals surface area contributed by atoms with Gasteiger partial charge in [-0.15, -0.1) is 0 Å². The molecule has 2 rings (SSSR count). The van der Waals surface area contributed by atoms with Crippen molar-refractivity contribution < 1.29 is 0 Å². The maximum Gasteiger partial charge on any atom is 0.0515 e. The van der Waals surface area contributed by atoms with Gasteiger partial charge in [-0.2, -0.15) is 0 Å². The van der Waals surface area contributed by atoms with Crippen LogP contribution in [0.15, 0.2) is 11.2 Å². The van der Waals surface area contributed by atoms with Crippen molar-refractivity contribution in [3.05, 3.63) is 33.2 Å². The van der Waals surface area contributed by atoms with Crippen LogP contribution < -0.4 is 16.0 Å². The molecule has 0 bridgehead atoms. The van der Waals surface area contributed by atoms with Gasteiger partial charge < -0.3 is 16.0 Å². The Morgan fingerprint density at radius 1 is 1.37 bits per heavy atom. The Balaban J connectivity index is 2.41. The zero-order valence-electron chi connectivity index (χ0n) is 11.5. The fraction of sp³-hybridized carbons (Fsp3) is 0.538. The molecule has 3 N–H and O–H groups in total. The number of azide groups is 1. The van der Waals surface area contributed by atoms with Gasteiger partial charge in [-0.05, 0) is 42.1 Å². The van der Waals surface area contributed by atoms with Crippen molar-refractivity contribution in [3.63, 3.8) is 0 Å². The first-order valence-electron chi connectivity index (χ1n) is 6.50. The minimum absolute atomic E-state index is 0.353. The van der Waals surface area contributed by atoms with Crippen LogP contribution in [0, 0.1) is 13.8 Å². The fourth-order valence-electron chi connectivity index (χ4n) is 2.48. The van der Waals surface area contributed by atoms with Crippen LogP contribution in [0.25, 0.3) is 10.4 Å². The predicted molar refractivity (Wildman–Crippen MR) is 78.3 cm³/mol. The molecule has 0 radical (unpaired) electrons. The third-order valence-corrected chi connectivity index (χ3v) is 3.75. The Morgan fingerprint density at radius 3 is 2.68 bits per heavy atom. The molecule has 19 heavy (non-hydrogen) atoms. The summed E-state index contributed by atoms with van der Waals surface area (Å²) in [5.41, 5.74) is 19.8. The first kappa shape index (κ1) is 13.5. The maximum atomic E-state index is 8.47. The van der Waals surface area contributed by atoms with Gasteiger partial charge in [0, 0.05) is 42.5 Å². The van der Waals surface area contributed by atoms with E-state index in [1.807, 2.05) is 6.92 Å². The summed E-state index contributed by atoms with van der Waals surface area (Å²) in [5, 5.41) is 6.99. The van der Waals surface area contributed by atoms with Crippen molar-refractivity contribution in [2.45, 2.75) is 20.4 Å². The van der Waals surface area contributed by atoms with Crippen LogP contribution in [-0.2, 0) is 6.54 Å². The molecule has 0 amide bonds. The number of nitrogens with one attached hydrogen (secondary N) is 1. The highest BCUT2D eigenvalue weighted by atomic mass is 15.2. The number of nitrogens with two attached hydrogens (primary N) is 1. The van der Waals surface area contributed by atoms with E-state index in [1.165, 1.54) is 0 Å². The summed E-state index contributed by atoms with van der Waals surface area (Å²) < 4.78 is 0. The van der Waals surface area contributed by atoms with Crippen molar-refractivity contribution >= 4 is 11.4 Å². The Bertz CT molecular complexity index is 512. The minimum atomic E-state index is 0.353. The topological polar surface area (TPSA) is 90.0 Å². The lowest BCUT2D eigenvalue weighted by Gasteiger charge is -2.32. The second-order valence-electron chi connectivity index (χ2n) is 4.84. The summed E-state index contributed by atoms with van der Waals surface area (Å²) in [6.07, 6.45) is 0. The smallest absolute Gasteiger partial charge is 0.0515 e. The van der Waals surface area contributed by atoms with Crippen molar-refractivity contribution in [3.8, 4) is 0 Å². The van der Waals surface area contributed by atoms with E-state index in [4.69, 9.17) is 11.3 Å². The van der Waals surface area contributed by atoms with Gasteiger partial charge in [0.2, 0.25) is 0 Å². The number of anilines is 2. The van der Waals surface area contributed by atoms with E-state index < -0.39 is 0 Å². The lowest BCUT2D eigenvalue weighted by atomic mass is 10.00. The third-order valence-electron chi connectivity index (χ3n) is 3.75. The number of hydrogen-bond acceptors (Lipinski definition) is 4. The Labute approximate surface area is 113 Å². The lowest BCUT2D eigenvalue weighted by Crippen LogP contribution is -2.43. The molecule has 0 saturated carbocycles. The standard InChI is InChI=1S/C13H20N6/c1-9-11(8-17-18-15)7-12(10(2)13(9)14)19-5-3-16-4-6-19/h7,16H,3-6,8,14H2,1-2H3. The van der Waals surface area contributed by atoms with Crippen LogP contribution in [0.4, 0.5) is 11.4 Å². The van der Waals surface area contributed by atoms with E-state index >= 15 is 0 Å². The Hall–Kier alpha value is -1.91. The van der Waals surface area contributed by atoms with Crippen molar-refractivity contribution in [2.24, 2.45) is 5.11 Å². The number of hydrogen-bond donors (Lipinski definition) is 2. The van der Waals surface area contributed by atoms with Crippen LogP contribution >= 0.6 is 0 Å². The highest BCUT2D eigenvalue weighted by molar-refractivity contribution is 5.70. The summed E-state index contributed by atoms with van der Waals surface area (Å²) in [5.74, 6) is 0. The first-order valence-corrected chi connectivity index (χ1v) is 6.50. The van der Waals surface area contributed by atoms with E-state index in [1.54, 1.807) is 0 Å². The number of rotatable bonds is 3. The van der Waals surface area contributed by atoms with Gasteiger partial charge in [0.05, 0.1) is 6.54 Å². The van der Waals surface area contributed by atoms with Crippen LogP contribution in [-0.4, -0.2) is 26.2 Å². The highest BCUT2D eigenvalue weighted by Gasteiger charge is 2.16. The fourth-order valence-corrected chi connectivity index (χ4v) is 2.48. The maximum absolute atomic E-state index is 8.47. The molecular weight excluding hydrogens is 240 g/mol. The van der Waals surface area contributed by atoms with E-state index in [0.29, 0.717) is 6.54 Å². The Morgan fingerprint density at radius 2 is 2.05 bits per heavy atom. The van der Waals surface area contributed by atoms with Crippen LogP contribution in [0.3, 0.4) is 0 Å². The van der Waals surface area contributed by atoms with Gasteiger partial charge >= 0.3 is 0 Å². The largest absolute Gasteiger partial charge is 0.398 e. The predicted octanol–water partition coefficient (Wildman–Crippen LogP) is 2.11. The molecule has 102 valence electrons. The molecule has 1 aromatic rings. The monoisotopic (exact) mass is 260 g/mol. The lowest BCUT2D eigenvalue weighted by molar-refractivity contribution is 0.588. The molecule has 0 spiro atoms. The number of piperazine rings is 1. The SMILES string of the molecule is Cc1c(CN=[N+]=[N-])cc(N2CCNCC2)c(C)c1N. The summed E-state index contributed by atoms with van der Waals surface area (Å²) in [6.45, 7) is 8.31. The van der Waals surface area contributed by atoms with E-state index in [2.05, 4.69) is 33.2 Å². The average Bonchev–Trinajstić information content (AvgIpc) is 2.45. The number of nitrogens with zero attached hydrogens (tertiary/aromatic N) is 4. The molecule has 1 heterocycles. The van der Waals surface area contributed by atoms with Gasteiger partial charge in [0.15, 0.2) is 0 Å². The third kappa shape index (κ3) is 2.75. The normalized spacial score (nSPS) is 15.2. The molecule has 1 aliphatic rings. The van der Waals surface area contributed by atoms with Gasteiger partial charge in [-0.1, -0.05) is 5.11 Å². The van der Waals surface area contributed by atoms with Crippen LogP contribution in [0.1, 0.15) is 16.7 Å². The zero-order valence-corrected chi connectivity index (χ0v) is 11.5. The number of nitrogen functional groups attached to an aromatic ring is 1. The highest BCUT2D eigenvalue weighted by Crippen LogP contribution is 2.31. The Kier molecular flexibility index (Phi) is 4.14. The zero-order chi connectivity index (χ0) is 13.8. The molecule has 6 heteroatoms. The average molecular weight is 260 g/mol. The van der Waals surface area contributed by atoms with Crippen molar-refractivity contribution in [2.75, 3.05) is 36.8 Å². The van der Waals surface area contributed by atoms with Gasteiger partial charge in [0.25, 0.3) is 0 Å². The molecule has 0 aromatic heterocycles. The molecule has 6 nitrogen and oxygen atoms in total. The van der Waals surface area contributed by atoms with Gasteiger partial charge in [-0.25, -0.2) is 0 Å². The van der Waals surface area contributed by atoms with Crippen molar-refractivity contribution in [1.82, 2.24) is 5.32 Å². The molecule has 1 saturated heterocycles. The molecular formula is C13H20N6.